The molecule has 2 aromatic rings. The van der Waals surface area contributed by atoms with Gasteiger partial charge < -0.3 is 0 Å². The molecule has 0 aliphatic rings. The van der Waals surface area contributed by atoms with E-state index in [1.54, 1.807) is 12.1 Å². The second kappa shape index (κ2) is 3.26. The summed E-state index contributed by atoms with van der Waals surface area (Å²) in [4.78, 5) is 11.6. The molecule has 2 rings (SSSR count). The van der Waals surface area contributed by atoms with Crippen molar-refractivity contribution >= 4 is 26.8 Å². The van der Waals surface area contributed by atoms with Crippen LogP contribution in [0.4, 0.5) is 0 Å². The average Bonchev–Trinajstić information content (AvgIpc) is 2.19. The van der Waals surface area contributed by atoms with Gasteiger partial charge in [-0.15, -0.1) is 5.10 Å². The van der Waals surface area contributed by atoms with Gasteiger partial charge in [-0.1, -0.05) is 33.3 Å². The zero-order valence-corrected chi connectivity index (χ0v) is 8.23. The maximum atomic E-state index is 11.6. The molecule has 5 heteroatoms. The van der Waals surface area contributed by atoms with Crippen molar-refractivity contribution in [3.63, 3.8) is 0 Å². The topological polar surface area (TPSA) is 47.8 Å². The number of aromatic nitrogens is 3. The minimum atomic E-state index is -0.123. The Morgan fingerprint density at radius 3 is 2.92 bits per heavy atom. The number of fused-ring (bicyclic) bond motifs is 1. The molecule has 0 spiro atoms. The number of hydrogen-bond donors (Lipinski definition) is 0. The van der Waals surface area contributed by atoms with Crippen LogP contribution in [0.15, 0.2) is 29.1 Å². The van der Waals surface area contributed by atoms with Crippen molar-refractivity contribution in [1.29, 1.82) is 0 Å². The number of halogens is 1. The molecular weight excluding hydrogens is 234 g/mol. The van der Waals surface area contributed by atoms with Gasteiger partial charge in [-0.3, -0.25) is 4.79 Å². The zero-order valence-electron chi connectivity index (χ0n) is 6.64. The fourth-order valence-electron chi connectivity index (χ4n) is 1.10. The van der Waals surface area contributed by atoms with E-state index in [1.165, 1.54) is 4.68 Å². The molecule has 0 amide bonds. The molecule has 0 saturated carbocycles. The first-order chi connectivity index (χ1) is 6.33. The SMILES string of the molecule is O=c1c2ccccc2nnn1CBr. The molecular formula is C8H6BrN3O. The number of nitrogens with zero attached hydrogens (tertiary/aromatic N) is 3. The first-order valence-corrected chi connectivity index (χ1v) is 4.83. The number of hydrogen-bond acceptors (Lipinski definition) is 3. The lowest BCUT2D eigenvalue weighted by Gasteiger charge is -1.98. The predicted molar refractivity (Wildman–Crippen MR) is 52.7 cm³/mol. The van der Waals surface area contributed by atoms with E-state index >= 15 is 0 Å². The average molecular weight is 240 g/mol. The molecule has 1 aromatic heterocycles. The molecule has 66 valence electrons. The minimum Gasteiger partial charge on any atom is -0.267 e. The number of benzene rings is 1. The highest BCUT2D eigenvalue weighted by atomic mass is 79.9. The van der Waals surface area contributed by atoms with Crippen LogP contribution in [0.2, 0.25) is 0 Å². The van der Waals surface area contributed by atoms with Gasteiger partial charge in [-0.05, 0) is 12.1 Å². The lowest BCUT2D eigenvalue weighted by molar-refractivity contribution is 0.650. The summed E-state index contributed by atoms with van der Waals surface area (Å²) in [5, 5.41) is 8.22. The summed E-state index contributed by atoms with van der Waals surface area (Å²) in [5.41, 5.74) is 0.871. The van der Waals surface area contributed by atoms with Gasteiger partial charge >= 0.3 is 0 Å². The van der Waals surface area contributed by atoms with E-state index in [1.807, 2.05) is 12.1 Å². The second-order valence-electron chi connectivity index (χ2n) is 2.53. The summed E-state index contributed by atoms with van der Waals surface area (Å²) in [5.74, 6) is 0. The molecule has 0 atom stereocenters. The summed E-state index contributed by atoms with van der Waals surface area (Å²) < 4.78 is 1.27. The van der Waals surface area contributed by atoms with Gasteiger partial charge in [0.05, 0.1) is 5.39 Å². The molecule has 0 bridgehead atoms. The summed E-state index contributed by atoms with van der Waals surface area (Å²) in [6.07, 6.45) is 0. The van der Waals surface area contributed by atoms with Crippen LogP contribution in [0.1, 0.15) is 0 Å². The summed E-state index contributed by atoms with van der Waals surface area (Å²) in [7, 11) is 0. The van der Waals surface area contributed by atoms with Crippen molar-refractivity contribution in [3.05, 3.63) is 34.6 Å². The van der Waals surface area contributed by atoms with Crippen LogP contribution in [0.5, 0.6) is 0 Å². The van der Waals surface area contributed by atoms with E-state index in [9.17, 15) is 4.79 Å². The monoisotopic (exact) mass is 239 g/mol. The van der Waals surface area contributed by atoms with Gasteiger partial charge in [0.1, 0.15) is 11.0 Å². The molecule has 0 aliphatic heterocycles. The largest absolute Gasteiger partial charge is 0.278 e. The van der Waals surface area contributed by atoms with Crippen LogP contribution >= 0.6 is 15.9 Å². The zero-order chi connectivity index (χ0) is 9.26. The van der Waals surface area contributed by atoms with Crippen molar-refractivity contribution < 1.29 is 0 Å². The smallest absolute Gasteiger partial charge is 0.267 e. The highest BCUT2D eigenvalue weighted by Crippen LogP contribution is 2.03. The van der Waals surface area contributed by atoms with E-state index in [2.05, 4.69) is 26.2 Å². The van der Waals surface area contributed by atoms with E-state index < -0.39 is 0 Å². The molecule has 13 heavy (non-hydrogen) atoms. The summed E-state index contributed by atoms with van der Waals surface area (Å²) >= 11 is 3.15. The second-order valence-corrected chi connectivity index (χ2v) is 3.03. The van der Waals surface area contributed by atoms with Gasteiger partial charge in [0, 0.05) is 0 Å². The maximum Gasteiger partial charge on any atom is 0.278 e. The number of rotatable bonds is 1. The Bertz CT molecular complexity index is 494. The lowest BCUT2D eigenvalue weighted by atomic mass is 10.2. The van der Waals surface area contributed by atoms with Crippen molar-refractivity contribution in [1.82, 2.24) is 15.0 Å². The molecule has 4 nitrogen and oxygen atoms in total. The Balaban J connectivity index is 2.87. The standard InChI is InChI=1S/C8H6BrN3O/c9-5-12-8(13)6-3-1-2-4-7(6)10-11-12/h1-4H,5H2. The first-order valence-electron chi connectivity index (χ1n) is 3.71. The molecule has 0 radical (unpaired) electrons. The Hall–Kier alpha value is -1.23. The van der Waals surface area contributed by atoms with E-state index in [0.29, 0.717) is 16.4 Å². The Morgan fingerprint density at radius 1 is 1.38 bits per heavy atom. The molecule has 1 heterocycles. The van der Waals surface area contributed by atoms with Crippen LogP contribution in [-0.4, -0.2) is 15.0 Å². The van der Waals surface area contributed by atoms with E-state index in [-0.39, 0.29) is 5.56 Å². The first kappa shape index (κ1) is 8.37. The molecule has 0 aliphatic carbocycles. The quantitative estimate of drug-likeness (QED) is 0.702. The third-order valence-electron chi connectivity index (χ3n) is 1.74. The van der Waals surface area contributed by atoms with Crippen molar-refractivity contribution in [2.75, 3.05) is 0 Å². The molecule has 0 N–H and O–H groups in total. The van der Waals surface area contributed by atoms with Crippen molar-refractivity contribution in [3.8, 4) is 0 Å². The van der Waals surface area contributed by atoms with Gasteiger partial charge in [-0.25, -0.2) is 0 Å². The summed E-state index contributed by atoms with van der Waals surface area (Å²) in [6.45, 7) is 0. The molecule has 0 saturated heterocycles. The van der Waals surface area contributed by atoms with Crippen LogP contribution in [0.3, 0.4) is 0 Å². The van der Waals surface area contributed by atoms with Gasteiger partial charge in [0.15, 0.2) is 0 Å². The summed E-state index contributed by atoms with van der Waals surface area (Å²) in [6, 6.07) is 7.15. The van der Waals surface area contributed by atoms with Gasteiger partial charge in [0.2, 0.25) is 0 Å². The third kappa shape index (κ3) is 1.35. The van der Waals surface area contributed by atoms with Crippen LogP contribution in [-0.2, 0) is 5.45 Å². The lowest BCUT2D eigenvalue weighted by Crippen LogP contribution is -2.22. The molecule has 1 aromatic carbocycles. The van der Waals surface area contributed by atoms with Crippen LogP contribution in [0, 0.1) is 0 Å². The minimum absolute atomic E-state index is 0.123. The maximum absolute atomic E-state index is 11.6. The van der Waals surface area contributed by atoms with Crippen LogP contribution < -0.4 is 5.56 Å². The number of alkyl halides is 1. The third-order valence-corrected chi connectivity index (χ3v) is 2.22. The normalized spacial score (nSPS) is 10.5. The highest BCUT2D eigenvalue weighted by molar-refractivity contribution is 9.08. The molecule has 0 unspecified atom stereocenters. The van der Waals surface area contributed by atoms with Crippen molar-refractivity contribution in [2.45, 2.75) is 5.45 Å². The molecule has 0 fully saturated rings. The van der Waals surface area contributed by atoms with Gasteiger partial charge in [0.25, 0.3) is 5.56 Å². The predicted octanol–water partition coefficient (Wildman–Crippen LogP) is 1.14. The van der Waals surface area contributed by atoms with E-state index in [0.717, 1.165) is 0 Å². The Kier molecular flexibility index (Phi) is 2.10. The fourth-order valence-corrected chi connectivity index (χ4v) is 1.43. The fraction of sp³-hybridized carbons (Fsp3) is 0.125. The van der Waals surface area contributed by atoms with Crippen LogP contribution in [0.25, 0.3) is 10.9 Å². The highest BCUT2D eigenvalue weighted by Gasteiger charge is 2.02. The van der Waals surface area contributed by atoms with Gasteiger partial charge in [-0.2, -0.15) is 4.68 Å². The Labute approximate surface area is 82.3 Å². The van der Waals surface area contributed by atoms with E-state index in [4.69, 9.17) is 0 Å². The van der Waals surface area contributed by atoms with Crippen molar-refractivity contribution in [2.24, 2.45) is 0 Å². The Morgan fingerprint density at radius 2 is 2.15 bits per heavy atom.